The Balaban J connectivity index is 1.88. The van der Waals surface area contributed by atoms with E-state index in [1.165, 1.54) is 0 Å². The van der Waals surface area contributed by atoms with Crippen molar-refractivity contribution in [3.8, 4) is 0 Å². The molecule has 0 radical (unpaired) electrons. The third-order valence-corrected chi connectivity index (χ3v) is 5.57. The van der Waals surface area contributed by atoms with Crippen molar-refractivity contribution in [3.05, 3.63) is 47.1 Å². The first-order valence-corrected chi connectivity index (χ1v) is 10.1. The number of hydrogen-bond acceptors (Lipinski definition) is 6. The van der Waals surface area contributed by atoms with Crippen LogP contribution in [0.2, 0.25) is 5.02 Å². The minimum absolute atomic E-state index is 0.189. The maximum Gasteiger partial charge on any atom is 0.129 e. The minimum atomic E-state index is -0.189. The number of allylic oxidation sites excluding steroid dienone is 1. The van der Waals surface area contributed by atoms with Gasteiger partial charge in [-0.05, 0) is 51.8 Å². The molecule has 0 bridgehead atoms. The predicted octanol–water partition coefficient (Wildman–Crippen LogP) is 5.35. The molecular formula is C21H25ClN6O. The molecule has 1 aromatic carbocycles. The summed E-state index contributed by atoms with van der Waals surface area (Å²) in [4.78, 5) is 9.45. The molecule has 0 saturated carbocycles. The highest BCUT2D eigenvalue weighted by Gasteiger charge is 2.32. The Bertz CT molecular complexity index is 1100. The molecule has 0 aliphatic carbocycles. The number of benzene rings is 1. The Labute approximate surface area is 174 Å². The molecule has 152 valence electrons. The van der Waals surface area contributed by atoms with Gasteiger partial charge in [-0.15, -0.1) is 0 Å². The second kappa shape index (κ2) is 7.72. The third-order valence-electron chi connectivity index (χ3n) is 5.33. The molecule has 1 aliphatic rings. The summed E-state index contributed by atoms with van der Waals surface area (Å²) in [6.45, 7) is 7.29. The maximum atomic E-state index is 7.10. The fraction of sp³-hybridized carbons (Fsp3) is 0.429. The molecular weight excluding hydrogens is 388 g/mol. The van der Waals surface area contributed by atoms with Crippen molar-refractivity contribution in [2.45, 2.75) is 51.8 Å². The number of halogens is 1. The van der Waals surface area contributed by atoms with Crippen molar-refractivity contribution in [2.75, 3.05) is 6.61 Å². The fourth-order valence-electron chi connectivity index (χ4n) is 4.06. The SMILES string of the molecule is C/C(=C/NCc1nc2cnc3ccc(Cl)cc3c2n1C1CCOC(C)(C)C1)N=N. The van der Waals surface area contributed by atoms with Crippen LogP contribution in [-0.2, 0) is 11.3 Å². The Kier molecular flexibility index (Phi) is 5.27. The van der Waals surface area contributed by atoms with Crippen molar-refractivity contribution in [1.29, 1.82) is 5.53 Å². The zero-order valence-corrected chi connectivity index (χ0v) is 17.6. The van der Waals surface area contributed by atoms with Crippen molar-refractivity contribution in [1.82, 2.24) is 19.9 Å². The Morgan fingerprint density at radius 3 is 3.03 bits per heavy atom. The van der Waals surface area contributed by atoms with Gasteiger partial charge in [0.2, 0.25) is 0 Å². The first-order valence-electron chi connectivity index (χ1n) is 9.74. The van der Waals surface area contributed by atoms with Crippen LogP contribution < -0.4 is 5.32 Å². The van der Waals surface area contributed by atoms with Gasteiger partial charge in [-0.3, -0.25) is 4.98 Å². The predicted molar refractivity (Wildman–Crippen MR) is 114 cm³/mol. The van der Waals surface area contributed by atoms with Crippen molar-refractivity contribution in [2.24, 2.45) is 5.11 Å². The molecule has 2 N–H and O–H groups in total. The number of nitrogens with one attached hydrogen (secondary N) is 2. The van der Waals surface area contributed by atoms with E-state index in [4.69, 9.17) is 26.9 Å². The van der Waals surface area contributed by atoms with Crippen LogP contribution in [0.15, 0.2) is 41.4 Å². The van der Waals surface area contributed by atoms with Gasteiger partial charge in [-0.1, -0.05) is 11.6 Å². The van der Waals surface area contributed by atoms with Gasteiger partial charge in [-0.25, -0.2) is 10.5 Å². The molecule has 1 fully saturated rings. The summed E-state index contributed by atoms with van der Waals surface area (Å²) < 4.78 is 8.28. The third kappa shape index (κ3) is 3.97. The van der Waals surface area contributed by atoms with E-state index in [9.17, 15) is 0 Å². The van der Waals surface area contributed by atoms with Gasteiger partial charge in [0.1, 0.15) is 11.3 Å². The van der Waals surface area contributed by atoms with Crippen LogP contribution in [-0.4, -0.2) is 26.7 Å². The summed E-state index contributed by atoms with van der Waals surface area (Å²) in [5, 5.41) is 8.35. The quantitative estimate of drug-likeness (QED) is 0.553. The van der Waals surface area contributed by atoms with E-state index in [1.54, 1.807) is 13.1 Å². The molecule has 4 rings (SSSR count). The number of pyridine rings is 1. The molecule has 7 nitrogen and oxygen atoms in total. The van der Waals surface area contributed by atoms with Gasteiger partial charge >= 0.3 is 0 Å². The summed E-state index contributed by atoms with van der Waals surface area (Å²) in [5.41, 5.74) is 10.3. The summed E-state index contributed by atoms with van der Waals surface area (Å²) in [6.07, 6.45) is 5.38. The molecule has 3 heterocycles. The minimum Gasteiger partial charge on any atom is -0.382 e. The molecule has 29 heavy (non-hydrogen) atoms. The van der Waals surface area contributed by atoms with Crippen LogP contribution in [0.1, 0.15) is 45.5 Å². The molecule has 1 aliphatic heterocycles. The van der Waals surface area contributed by atoms with Gasteiger partial charge in [0.15, 0.2) is 0 Å². The lowest BCUT2D eigenvalue weighted by molar-refractivity contribution is -0.0688. The summed E-state index contributed by atoms with van der Waals surface area (Å²) >= 11 is 6.32. The molecule has 0 spiro atoms. The second-order valence-corrected chi connectivity index (χ2v) is 8.52. The topological polar surface area (TPSA) is 88.2 Å². The van der Waals surface area contributed by atoms with Crippen molar-refractivity contribution < 1.29 is 4.74 Å². The van der Waals surface area contributed by atoms with E-state index in [1.807, 2.05) is 24.4 Å². The zero-order chi connectivity index (χ0) is 20.6. The number of nitrogens with zero attached hydrogens (tertiary/aromatic N) is 4. The molecule has 1 saturated heterocycles. The second-order valence-electron chi connectivity index (χ2n) is 8.08. The summed E-state index contributed by atoms with van der Waals surface area (Å²) in [6, 6.07) is 6.04. The number of imidazole rings is 1. The zero-order valence-electron chi connectivity index (χ0n) is 16.9. The van der Waals surface area contributed by atoms with Crippen LogP contribution in [0, 0.1) is 5.53 Å². The lowest BCUT2D eigenvalue weighted by Crippen LogP contribution is -2.35. The standard InChI is InChI=1S/C21H25ClN6O/c1-13(27-23)10-24-12-19-26-18-11-25-17-5-4-14(22)8-16(17)20(18)28(19)15-6-7-29-21(2,3)9-15/h4-5,8,10-11,15,23-24H,6-7,9,12H2,1-3H3/b13-10-,27-23?. The highest BCUT2D eigenvalue weighted by Crippen LogP contribution is 2.37. The van der Waals surface area contributed by atoms with E-state index in [0.29, 0.717) is 23.9 Å². The lowest BCUT2D eigenvalue weighted by Gasteiger charge is -2.37. The highest BCUT2D eigenvalue weighted by atomic mass is 35.5. The van der Waals surface area contributed by atoms with E-state index in [0.717, 1.165) is 40.6 Å². The number of rotatable bonds is 5. The van der Waals surface area contributed by atoms with E-state index in [-0.39, 0.29) is 11.6 Å². The Morgan fingerprint density at radius 1 is 1.45 bits per heavy atom. The number of aromatic nitrogens is 3. The van der Waals surface area contributed by atoms with Crippen molar-refractivity contribution >= 4 is 33.5 Å². The average Bonchev–Trinajstić information content (AvgIpc) is 3.05. The number of fused-ring (bicyclic) bond motifs is 3. The smallest absolute Gasteiger partial charge is 0.129 e. The molecule has 2 aromatic heterocycles. The van der Waals surface area contributed by atoms with Gasteiger partial charge < -0.3 is 14.6 Å². The number of hydrogen-bond donors (Lipinski definition) is 2. The van der Waals surface area contributed by atoms with Gasteiger partial charge in [0, 0.05) is 29.3 Å². The molecule has 8 heteroatoms. The Morgan fingerprint density at radius 2 is 2.28 bits per heavy atom. The number of ether oxygens (including phenoxy) is 1. The first kappa shape index (κ1) is 19.8. The normalized spacial score (nSPS) is 19.6. The van der Waals surface area contributed by atoms with Crippen LogP contribution in [0.4, 0.5) is 0 Å². The molecule has 1 atom stereocenters. The lowest BCUT2D eigenvalue weighted by atomic mass is 9.93. The fourth-order valence-corrected chi connectivity index (χ4v) is 4.23. The Hall–Kier alpha value is -2.51. The van der Waals surface area contributed by atoms with E-state index in [2.05, 4.69) is 33.8 Å². The van der Waals surface area contributed by atoms with E-state index >= 15 is 0 Å². The highest BCUT2D eigenvalue weighted by molar-refractivity contribution is 6.31. The average molecular weight is 413 g/mol. The van der Waals surface area contributed by atoms with Gasteiger partial charge in [0.25, 0.3) is 0 Å². The van der Waals surface area contributed by atoms with Crippen molar-refractivity contribution in [3.63, 3.8) is 0 Å². The maximum absolute atomic E-state index is 7.10. The van der Waals surface area contributed by atoms with E-state index < -0.39 is 0 Å². The largest absolute Gasteiger partial charge is 0.382 e. The summed E-state index contributed by atoms with van der Waals surface area (Å²) in [7, 11) is 0. The van der Waals surface area contributed by atoms with Crippen LogP contribution in [0.25, 0.3) is 21.9 Å². The molecule has 3 aromatic rings. The van der Waals surface area contributed by atoms with Crippen LogP contribution in [0.3, 0.4) is 0 Å². The molecule has 0 amide bonds. The summed E-state index contributed by atoms with van der Waals surface area (Å²) in [5.74, 6) is 0.922. The van der Waals surface area contributed by atoms with Gasteiger partial charge in [0.05, 0.1) is 35.1 Å². The first-order chi connectivity index (χ1) is 13.9. The monoisotopic (exact) mass is 412 g/mol. The molecule has 1 unspecified atom stereocenters. The van der Waals surface area contributed by atoms with Gasteiger partial charge in [-0.2, -0.15) is 5.11 Å². The van der Waals surface area contributed by atoms with Crippen LogP contribution in [0.5, 0.6) is 0 Å². The van der Waals surface area contributed by atoms with Crippen LogP contribution >= 0.6 is 11.6 Å².